The van der Waals surface area contributed by atoms with Crippen molar-refractivity contribution in [2.24, 2.45) is 5.73 Å². The van der Waals surface area contributed by atoms with E-state index in [0.29, 0.717) is 10.0 Å². The molecule has 0 bridgehead atoms. The summed E-state index contributed by atoms with van der Waals surface area (Å²) in [6, 6.07) is 1.65. The number of rotatable bonds is 3. The van der Waals surface area contributed by atoms with Crippen LogP contribution in [0.15, 0.2) is 22.9 Å². The van der Waals surface area contributed by atoms with Gasteiger partial charge in [0.25, 0.3) is 0 Å². The Morgan fingerprint density at radius 1 is 1.77 bits per heavy atom. The predicted octanol–water partition coefficient (Wildman–Crippen LogP) is 0.971. The minimum atomic E-state index is -0.922. The summed E-state index contributed by atoms with van der Waals surface area (Å²) in [7, 11) is 0. The SMILES string of the molecule is NCC(C(=O)O)c1ccncc1Br. The first-order valence-corrected chi connectivity index (χ1v) is 4.48. The Hall–Kier alpha value is -0.940. The third kappa shape index (κ3) is 2.26. The molecule has 0 aliphatic carbocycles. The van der Waals surface area contributed by atoms with Crippen LogP contribution in [0.25, 0.3) is 0 Å². The third-order valence-corrected chi connectivity index (χ3v) is 2.38. The molecule has 1 rings (SSSR count). The molecule has 13 heavy (non-hydrogen) atoms. The van der Waals surface area contributed by atoms with Gasteiger partial charge in [-0.05, 0) is 27.6 Å². The van der Waals surface area contributed by atoms with E-state index in [4.69, 9.17) is 10.8 Å². The van der Waals surface area contributed by atoms with Gasteiger partial charge in [-0.25, -0.2) is 0 Å². The Morgan fingerprint density at radius 3 is 2.92 bits per heavy atom. The van der Waals surface area contributed by atoms with Crippen LogP contribution in [0, 0.1) is 0 Å². The number of nitrogens with zero attached hydrogens (tertiary/aromatic N) is 1. The zero-order valence-electron chi connectivity index (χ0n) is 6.77. The molecule has 1 aromatic heterocycles. The molecule has 0 aliphatic rings. The molecule has 5 heteroatoms. The molecular weight excluding hydrogens is 236 g/mol. The van der Waals surface area contributed by atoms with Crippen LogP contribution in [0.1, 0.15) is 11.5 Å². The van der Waals surface area contributed by atoms with Crippen LogP contribution in [0.4, 0.5) is 0 Å². The maximum atomic E-state index is 10.8. The van der Waals surface area contributed by atoms with Crippen molar-refractivity contribution in [3.63, 3.8) is 0 Å². The molecule has 0 fully saturated rings. The summed E-state index contributed by atoms with van der Waals surface area (Å²) >= 11 is 3.22. The van der Waals surface area contributed by atoms with Crippen LogP contribution >= 0.6 is 15.9 Å². The van der Waals surface area contributed by atoms with Crippen molar-refractivity contribution in [2.75, 3.05) is 6.54 Å². The number of halogens is 1. The highest BCUT2D eigenvalue weighted by Crippen LogP contribution is 2.23. The number of hydrogen-bond acceptors (Lipinski definition) is 3. The van der Waals surface area contributed by atoms with Crippen molar-refractivity contribution in [3.05, 3.63) is 28.5 Å². The summed E-state index contributed by atoms with van der Waals surface area (Å²) < 4.78 is 0.674. The fraction of sp³-hybridized carbons (Fsp3) is 0.250. The molecule has 0 saturated carbocycles. The van der Waals surface area contributed by atoms with Gasteiger partial charge in [0.2, 0.25) is 0 Å². The smallest absolute Gasteiger partial charge is 0.312 e. The molecule has 0 spiro atoms. The van der Waals surface area contributed by atoms with E-state index in [-0.39, 0.29) is 6.54 Å². The average molecular weight is 245 g/mol. The van der Waals surface area contributed by atoms with Gasteiger partial charge in [-0.3, -0.25) is 9.78 Å². The molecule has 70 valence electrons. The van der Waals surface area contributed by atoms with Crippen LogP contribution in [0.5, 0.6) is 0 Å². The fourth-order valence-corrected chi connectivity index (χ4v) is 1.56. The lowest BCUT2D eigenvalue weighted by molar-refractivity contribution is -0.138. The van der Waals surface area contributed by atoms with E-state index in [1.165, 1.54) is 0 Å². The largest absolute Gasteiger partial charge is 0.481 e. The lowest BCUT2D eigenvalue weighted by Gasteiger charge is -2.10. The molecule has 3 N–H and O–H groups in total. The van der Waals surface area contributed by atoms with E-state index in [0.717, 1.165) is 0 Å². The second kappa shape index (κ2) is 4.34. The summed E-state index contributed by atoms with van der Waals surface area (Å²) in [5.74, 6) is -1.59. The van der Waals surface area contributed by atoms with E-state index in [1.54, 1.807) is 18.5 Å². The first-order valence-electron chi connectivity index (χ1n) is 3.69. The van der Waals surface area contributed by atoms with Gasteiger partial charge in [0.15, 0.2) is 0 Å². The highest BCUT2D eigenvalue weighted by Gasteiger charge is 2.19. The van der Waals surface area contributed by atoms with Crippen LogP contribution in [-0.4, -0.2) is 22.6 Å². The third-order valence-electron chi connectivity index (χ3n) is 1.71. The molecule has 1 atom stereocenters. The quantitative estimate of drug-likeness (QED) is 0.831. The first-order chi connectivity index (χ1) is 6.16. The van der Waals surface area contributed by atoms with Crippen LogP contribution < -0.4 is 5.73 Å². The van der Waals surface area contributed by atoms with Gasteiger partial charge in [-0.1, -0.05) is 0 Å². The van der Waals surface area contributed by atoms with Gasteiger partial charge >= 0.3 is 5.97 Å². The van der Waals surface area contributed by atoms with Crippen molar-refractivity contribution < 1.29 is 9.90 Å². The second-order valence-corrected chi connectivity index (χ2v) is 3.38. The van der Waals surface area contributed by atoms with Crippen molar-refractivity contribution in [3.8, 4) is 0 Å². The highest BCUT2D eigenvalue weighted by atomic mass is 79.9. The molecule has 0 amide bonds. The standard InChI is InChI=1S/C8H9BrN2O2/c9-7-4-11-2-1-5(7)6(3-10)8(12)13/h1-2,4,6H,3,10H2,(H,12,13). The number of carboxylic acids is 1. The molecule has 0 saturated heterocycles. The van der Waals surface area contributed by atoms with Crippen molar-refractivity contribution in [1.82, 2.24) is 4.98 Å². The van der Waals surface area contributed by atoms with Gasteiger partial charge < -0.3 is 10.8 Å². The number of hydrogen-bond donors (Lipinski definition) is 2. The predicted molar refractivity (Wildman–Crippen MR) is 51.4 cm³/mol. The maximum absolute atomic E-state index is 10.8. The Kier molecular flexibility index (Phi) is 3.39. The van der Waals surface area contributed by atoms with E-state index in [2.05, 4.69) is 20.9 Å². The molecule has 1 unspecified atom stereocenters. The van der Waals surface area contributed by atoms with Crippen LogP contribution in [-0.2, 0) is 4.79 Å². The fourth-order valence-electron chi connectivity index (χ4n) is 1.03. The molecule has 4 nitrogen and oxygen atoms in total. The van der Waals surface area contributed by atoms with Gasteiger partial charge in [0, 0.05) is 23.4 Å². The van der Waals surface area contributed by atoms with Crippen LogP contribution in [0.3, 0.4) is 0 Å². The summed E-state index contributed by atoms with van der Waals surface area (Å²) in [6.45, 7) is 0.0813. The van der Waals surface area contributed by atoms with Gasteiger partial charge in [0.05, 0.1) is 5.92 Å². The molecule has 0 aliphatic heterocycles. The second-order valence-electron chi connectivity index (χ2n) is 2.52. The van der Waals surface area contributed by atoms with E-state index in [9.17, 15) is 4.79 Å². The van der Waals surface area contributed by atoms with Crippen LogP contribution in [0.2, 0.25) is 0 Å². The Balaban J connectivity index is 3.04. The topological polar surface area (TPSA) is 76.2 Å². The highest BCUT2D eigenvalue weighted by molar-refractivity contribution is 9.10. The monoisotopic (exact) mass is 244 g/mol. The van der Waals surface area contributed by atoms with Crippen molar-refractivity contribution in [1.29, 1.82) is 0 Å². The Bertz CT molecular complexity index is 317. The maximum Gasteiger partial charge on any atom is 0.312 e. The zero-order chi connectivity index (χ0) is 9.84. The van der Waals surface area contributed by atoms with Gasteiger partial charge in [0.1, 0.15) is 0 Å². The molecule has 0 radical (unpaired) electrons. The number of aliphatic carboxylic acids is 1. The summed E-state index contributed by atoms with van der Waals surface area (Å²) in [5, 5.41) is 8.83. The van der Waals surface area contributed by atoms with E-state index in [1.807, 2.05) is 0 Å². The summed E-state index contributed by atoms with van der Waals surface area (Å²) in [5.41, 5.74) is 6.01. The number of carbonyl (C=O) groups is 1. The molecular formula is C8H9BrN2O2. The number of pyridine rings is 1. The lowest BCUT2D eigenvalue weighted by Crippen LogP contribution is -2.21. The summed E-state index contributed by atoms with van der Waals surface area (Å²) in [4.78, 5) is 14.6. The Morgan fingerprint density at radius 2 is 2.46 bits per heavy atom. The van der Waals surface area contributed by atoms with Crippen molar-refractivity contribution in [2.45, 2.75) is 5.92 Å². The number of nitrogens with two attached hydrogens (primary N) is 1. The molecule has 1 aromatic rings. The van der Waals surface area contributed by atoms with Gasteiger partial charge in [-0.2, -0.15) is 0 Å². The van der Waals surface area contributed by atoms with Gasteiger partial charge in [-0.15, -0.1) is 0 Å². The lowest BCUT2D eigenvalue weighted by atomic mass is 10.0. The van der Waals surface area contributed by atoms with E-state index < -0.39 is 11.9 Å². The number of aromatic nitrogens is 1. The summed E-state index contributed by atoms with van der Waals surface area (Å²) in [6.07, 6.45) is 3.10. The zero-order valence-corrected chi connectivity index (χ0v) is 8.36. The minimum Gasteiger partial charge on any atom is -0.481 e. The minimum absolute atomic E-state index is 0.0813. The molecule has 0 aromatic carbocycles. The normalized spacial score (nSPS) is 12.5. The Labute approximate surface area is 83.9 Å². The number of carboxylic acid groups (broad SMARTS) is 1. The average Bonchev–Trinajstić information content (AvgIpc) is 2.09. The van der Waals surface area contributed by atoms with E-state index >= 15 is 0 Å². The first kappa shape index (κ1) is 10.1. The molecule has 1 heterocycles. The van der Waals surface area contributed by atoms with Crippen molar-refractivity contribution >= 4 is 21.9 Å².